The second kappa shape index (κ2) is 10.8. The van der Waals surface area contributed by atoms with Gasteiger partial charge in [-0.3, -0.25) is 4.79 Å². The number of ketones is 1. The van der Waals surface area contributed by atoms with Crippen molar-refractivity contribution in [3.05, 3.63) is 82.0 Å². The van der Waals surface area contributed by atoms with E-state index in [1.165, 1.54) is 5.56 Å². The van der Waals surface area contributed by atoms with E-state index in [0.717, 1.165) is 56.7 Å². The number of hydrogen-bond donors (Lipinski definition) is 2. The Labute approximate surface area is 209 Å². The van der Waals surface area contributed by atoms with E-state index < -0.39 is 3.23 Å². The predicted molar refractivity (Wildman–Crippen MR) is 146 cm³/mol. The molecule has 0 spiro atoms. The zero-order valence-corrected chi connectivity index (χ0v) is 22.8. The Hall–Kier alpha value is -1.85. The fourth-order valence-corrected chi connectivity index (χ4v) is 5.53. The number of carbonyl (C=O) groups excluding carboxylic acids is 1. The highest BCUT2D eigenvalue weighted by Crippen LogP contribution is 2.45. The van der Waals surface area contributed by atoms with Crippen molar-refractivity contribution < 1.29 is 4.79 Å². The number of allylic oxidation sites excluding steroid dienone is 2. The molecule has 0 aromatic heterocycles. The van der Waals surface area contributed by atoms with E-state index in [4.69, 9.17) is 11.5 Å². The largest absolute Gasteiger partial charge is 0.398 e. The van der Waals surface area contributed by atoms with E-state index in [-0.39, 0.29) is 5.78 Å². The van der Waals surface area contributed by atoms with Crippen molar-refractivity contribution in [3.8, 4) is 0 Å². The molecule has 2 aromatic carbocycles. The van der Waals surface area contributed by atoms with Crippen LogP contribution in [0.2, 0.25) is 0 Å². The lowest BCUT2D eigenvalue weighted by Gasteiger charge is -2.26. The zero-order chi connectivity index (χ0) is 24.2. The predicted octanol–water partition coefficient (Wildman–Crippen LogP) is 7.08. The van der Waals surface area contributed by atoms with Gasteiger partial charge in [-0.2, -0.15) is 0 Å². The van der Waals surface area contributed by atoms with Crippen LogP contribution in [-0.2, 0) is 27.3 Å². The molecule has 0 atom stereocenters. The lowest BCUT2D eigenvalue weighted by molar-refractivity contribution is -0.119. The molecule has 2 aromatic rings. The number of anilines is 2. The Morgan fingerprint density at radius 3 is 1.91 bits per heavy atom. The van der Waals surface area contributed by atoms with Gasteiger partial charge in [0, 0.05) is 24.2 Å². The molecule has 0 radical (unpaired) electrons. The van der Waals surface area contributed by atoms with Crippen molar-refractivity contribution >= 4 is 49.0 Å². The van der Waals surface area contributed by atoms with Crippen molar-refractivity contribution in [1.29, 1.82) is 0 Å². The summed E-state index contributed by atoms with van der Waals surface area (Å²) < 4.78 is -0.643. The summed E-state index contributed by atoms with van der Waals surface area (Å²) in [5.74, 6) is 0.178. The molecule has 172 valence electrons. The van der Waals surface area contributed by atoms with Gasteiger partial charge in [0.25, 0.3) is 0 Å². The van der Waals surface area contributed by atoms with E-state index >= 15 is 0 Å². The molecule has 0 heterocycles. The van der Waals surface area contributed by atoms with Gasteiger partial charge in [-0.1, -0.05) is 56.1 Å². The van der Waals surface area contributed by atoms with Crippen molar-refractivity contribution in [1.82, 2.24) is 0 Å². The van der Waals surface area contributed by atoms with E-state index in [2.05, 4.69) is 64.1 Å². The van der Waals surface area contributed by atoms with Gasteiger partial charge < -0.3 is 11.5 Å². The second-order valence-corrected chi connectivity index (χ2v) is 12.3. The van der Waals surface area contributed by atoms with Crippen molar-refractivity contribution in [3.63, 3.8) is 0 Å². The van der Waals surface area contributed by atoms with Crippen LogP contribution in [0.1, 0.15) is 57.3 Å². The van der Waals surface area contributed by atoms with Crippen LogP contribution in [-0.4, -0.2) is 5.78 Å². The van der Waals surface area contributed by atoms with Crippen molar-refractivity contribution in [2.75, 3.05) is 11.5 Å². The van der Waals surface area contributed by atoms with Gasteiger partial charge in [0.15, 0.2) is 0 Å². The van der Waals surface area contributed by atoms with Crippen LogP contribution in [0, 0.1) is 27.7 Å². The van der Waals surface area contributed by atoms with Crippen molar-refractivity contribution in [2.45, 2.75) is 63.0 Å². The highest BCUT2D eigenvalue weighted by Gasteiger charge is 2.31. The molecular formula is C27H34Br2N2O. The molecule has 0 amide bonds. The summed E-state index contributed by atoms with van der Waals surface area (Å²) in [5.41, 5.74) is 22.8. The van der Waals surface area contributed by atoms with Crippen LogP contribution in [0.3, 0.4) is 0 Å². The molecular weight excluding hydrogens is 528 g/mol. The number of nitrogen functional groups attached to an aromatic ring is 2. The molecule has 0 saturated carbocycles. The monoisotopic (exact) mass is 560 g/mol. The average molecular weight is 562 g/mol. The quantitative estimate of drug-likeness (QED) is 0.185. The third kappa shape index (κ3) is 5.74. The van der Waals surface area contributed by atoms with Gasteiger partial charge in [-0.15, -0.1) is 13.2 Å². The number of Topliss-reactive ketones (excluding diaryl/α,β-unsaturated/α-hetero) is 1. The molecule has 0 unspecified atom stereocenters. The number of aryl methyl sites for hydroxylation is 1. The molecule has 0 saturated heterocycles. The number of benzene rings is 2. The fraction of sp³-hybridized carbons (Fsp3) is 0.370. The minimum Gasteiger partial charge on any atom is -0.398 e. The minimum atomic E-state index is -0.643. The second-order valence-electron chi connectivity index (χ2n) is 8.51. The molecule has 0 aliphatic rings. The van der Waals surface area contributed by atoms with Gasteiger partial charge in [-0.05, 0) is 91.5 Å². The van der Waals surface area contributed by atoms with Gasteiger partial charge in [0.05, 0.1) is 0 Å². The van der Waals surface area contributed by atoms with E-state index in [9.17, 15) is 4.79 Å². The van der Waals surface area contributed by atoms with Crippen molar-refractivity contribution in [2.24, 2.45) is 0 Å². The number of carbonyl (C=O) groups is 1. The number of nitrogens with two attached hydrogens (primary N) is 2. The van der Waals surface area contributed by atoms with Gasteiger partial charge in [0.2, 0.25) is 0 Å². The summed E-state index contributed by atoms with van der Waals surface area (Å²) in [6.07, 6.45) is 6.59. The molecule has 0 fully saturated rings. The summed E-state index contributed by atoms with van der Waals surface area (Å²) >= 11 is 7.56. The van der Waals surface area contributed by atoms with Crippen LogP contribution in [0.25, 0.3) is 0 Å². The Morgan fingerprint density at radius 2 is 1.38 bits per heavy atom. The summed E-state index contributed by atoms with van der Waals surface area (Å²) in [4.78, 5) is 13.0. The molecule has 0 aliphatic heterocycles. The van der Waals surface area contributed by atoms with Crippen LogP contribution >= 0.6 is 31.9 Å². The third-order valence-electron chi connectivity index (χ3n) is 6.39. The lowest BCUT2D eigenvalue weighted by Crippen LogP contribution is -2.19. The first-order chi connectivity index (χ1) is 14.9. The molecule has 32 heavy (non-hydrogen) atoms. The summed E-state index contributed by atoms with van der Waals surface area (Å²) in [5, 5.41) is 0. The summed E-state index contributed by atoms with van der Waals surface area (Å²) in [6.45, 7) is 15.8. The summed E-state index contributed by atoms with van der Waals surface area (Å²) in [7, 11) is 0. The van der Waals surface area contributed by atoms with Crippen LogP contribution in [0.5, 0.6) is 0 Å². The standard InChI is InChI=1S/C27H34Br2N2O/c1-7-9-21-13-20(16(3)18(5)25(21)30)11-12-23(32)15-27(28,29)24-14-22(10-8-2)26(31)19(6)17(24)4/h7-8,13-14H,1-2,9-12,15,30-31H2,3-6H3. The molecule has 5 heteroatoms. The fourth-order valence-electron chi connectivity index (χ4n) is 4.08. The Bertz CT molecular complexity index is 1050. The van der Waals surface area contributed by atoms with Crippen LogP contribution in [0.15, 0.2) is 37.4 Å². The molecule has 4 N–H and O–H groups in total. The maximum atomic E-state index is 13.0. The lowest BCUT2D eigenvalue weighted by atomic mass is 9.90. The van der Waals surface area contributed by atoms with E-state index in [1.807, 2.05) is 32.9 Å². The van der Waals surface area contributed by atoms with E-state index in [1.54, 1.807) is 0 Å². The first-order valence-electron chi connectivity index (χ1n) is 10.8. The maximum absolute atomic E-state index is 13.0. The number of halogens is 2. The highest BCUT2D eigenvalue weighted by atomic mass is 79.9. The maximum Gasteiger partial charge on any atom is 0.135 e. The third-order valence-corrected chi connectivity index (χ3v) is 7.81. The minimum absolute atomic E-state index is 0.178. The highest BCUT2D eigenvalue weighted by molar-refractivity contribution is 9.24. The van der Waals surface area contributed by atoms with Crippen LogP contribution < -0.4 is 11.5 Å². The first-order valence-corrected chi connectivity index (χ1v) is 12.4. The Kier molecular flexibility index (Phi) is 8.95. The molecule has 0 aliphatic carbocycles. The molecule has 0 bridgehead atoms. The molecule has 2 rings (SSSR count). The number of hydrogen-bond acceptors (Lipinski definition) is 3. The SMILES string of the molecule is C=CCc1cc(CCC(=O)CC(Br)(Br)c2cc(CC=C)c(N)c(C)c2C)c(C)c(C)c1N. The molecule has 3 nitrogen and oxygen atoms in total. The zero-order valence-electron chi connectivity index (χ0n) is 19.6. The van der Waals surface area contributed by atoms with E-state index in [0.29, 0.717) is 25.7 Å². The van der Waals surface area contributed by atoms with Crippen LogP contribution in [0.4, 0.5) is 11.4 Å². The number of rotatable bonds is 10. The number of alkyl halides is 2. The Morgan fingerprint density at radius 1 is 0.875 bits per heavy atom. The van der Waals surface area contributed by atoms with Gasteiger partial charge >= 0.3 is 0 Å². The summed E-state index contributed by atoms with van der Waals surface area (Å²) in [6, 6.07) is 4.20. The smallest absolute Gasteiger partial charge is 0.135 e. The average Bonchev–Trinajstić information content (AvgIpc) is 2.73. The van der Waals surface area contributed by atoms with Gasteiger partial charge in [0.1, 0.15) is 9.02 Å². The topological polar surface area (TPSA) is 69.1 Å². The first kappa shape index (κ1) is 26.4. The Balaban J connectivity index is 2.23. The van der Waals surface area contributed by atoms with Gasteiger partial charge in [-0.25, -0.2) is 0 Å². The normalized spacial score (nSPS) is 11.4.